The molecule has 0 aliphatic carbocycles. The molecule has 1 fully saturated rings. The lowest BCUT2D eigenvalue weighted by molar-refractivity contribution is -0.274. The van der Waals surface area contributed by atoms with Crippen LogP contribution in [-0.4, -0.2) is 43.1 Å². The lowest BCUT2D eigenvalue weighted by Gasteiger charge is -2.45. The molecule has 18 heavy (non-hydrogen) atoms. The second-order valence-electron chi connectivity index (χ2n) is 4.63. The average molecular weight is 260 g/mol. The van der Waals surface area contributed by atoms with E-state index in [1.165, 1.54) is 21.0 Å². The largest absolute Gasteiger partial charge is 0.457 e. The molecule has 4 atom stereocenters. The standard InChI is InChI=1S/C12H20O6/c1-7-11(18-9(3)14)12(4,15-5)6-10(16-7)17-8(2)13/h7,10-11H,6H2,1-5H3. The normalized spacial score (nSPS) is 35.9. The molecular weight excluding hydrogens is 240 g/mol. The molecule has 0 spiro atoms. The van der Waals surface area contributed by atoms with Crippen LogP contribution in [-0.2, 0) is 28.5 Å². The number of hydrogen-bond donors (Lipinski definition) is 0. The second kappa shape index (κ2) is 5.67. The summed E-state index contributed by atoms with van der Waals surface area (Å²) in [7, 11) is 1.53. The Morgan fingerprint density at radius 2 is 1.78 bits per heavy atom. The van der Waals surface area contributed by atoms with Crippen molar-refractivity contribution in [1.29, 1.82) is 0 Å². The number of rotatable bonds is 3. The van der Waals surface area contributed by atoms with Gasteiger partial charge in [-0.1, -0.05) is 0 Å². The summed E-state index contributed by atoms with van der Waals surface area (Å²) in [6.45, 7) is 6.20. The third kappa shape index (κ3) is 3.43. The van der Waals surface area contributed by atoms with Crippen LogP contribution < -0.4 is 0 Å². The minimum absolute atomic E-state index is 0.311. The summed E-state index contributed by atoms with van der Waals surface area (Å²) >= 11 is 0. The summed E-state index contributed by atoms with van der Waals surface area (Å²) in [6, 6.07) is 0. The third-order valence-electron chi connectivity index (χ3n) is 3.02. The van der Waals surface area contributed by atoms with Crippen LogP contribution in [0.5, 0.6) is 0 Å². The molecule has 0 aromatic rings. The fourth-order valence-electron chi connectivity index (χ4n) is 2.16. The monoisotopic (exact) mass is 260 g/mol. The molecule has 0 N–H and O–H groups in total. The first kappa shape index (κ1) is 14.9. The molecular formula is C12H20O6. The molecule has 0 saturated carbocycles. The van der Waals surface area contributed by atoms with Gasteiger partial charge in [-0.3, -0.25) is 9.59 Å². The average Bonchev–Trinajstić information content (AvgIpc) is 2.22. The topological polar surface area (TPSA) is 71.1 Å². The Hall–Kier alpha value is -1.14. The smallest absolute Gasteiger partial charge is 0.304 e. The first-order valence-electron chi connectivity index (χ1n) is 5.83. The summed E-state index contributed by atoms with van der Waals surface area (Å²) in [5.74, 6) is -0.818. The molecule has 4 unspecified atom stereocenters. The van der Waals surface area contributed by atoms with Crippen molar-refractivity contribution in [2.75, 3.05) is 7.11 Å². The van der Waals surface area contributed by atoms with Gasteiger partial charge in [0.05, 0.1) is 6.10 Å². The highest BCUT2D eigenvalue weighted by atomic mass is 16.7. The van der Waals surface area contributed by atoms with Crippen LogP contribution in [0.25, 0.3) is 0 Å². The van der Waals surface area contributed by atoms with Gasteiger partial charge in [0.15, 0.2) is 6.10 Å². The van der Waals surface area contributed by atoms with Crippen molar-refractivity contribution in [1.82, 2.24) is 0 Å². The number of carbonyl (C=O) groups excluding carboxylic acids is 2. The van der Waals surface area contributed by atoms with Gasteiger partial charge in [0.2, 0.25) is 6.29 Å². The summed E-state index contributed by atoms with van der Waals surface area (Å²) in [4.78, 5) is 22.1. The van der Waals surface area contributed by atoms with Crippen molar-refractivity contribution in [3.8, 4) is 0 Å². The molecule has 0 amide bonds. The molecule has 0 aromatic carbocycles. The van der Waals surface area contributed by atoms with E-state index in [-0.39, 0.29) is 0 Å². The maximum atomic E-state index is 11.1. The molecule has 1 aliphatic rings. The third-order valence-corrected chi connectivity index (χ3v) is 3.02. The van der Waals surface area contributed by atoms with Crippen molar-refractivity contribution in [3.05, 3.63) is 0 Å². The lowest BCUT2D eigenvalue weighted by Crippen LogP contribution is -2.58. The Kier molecular flexibility index (Phi) is 4.70. The number of methoxy groups -OCH3 is 1. The van der Waals surface area contributed by atoms with E-state index in [9.17, 15) is 9.59 Å². The number of esters is 2. The fourth-order valence-corrected chi connectivity index (χ4v) is 2.16. The zero-order chi connectivity index (χ0) is 13.9. The summed E-state index contributed by atoms with van der Waals surface area (Å²) < 4.78 is 21.2. The molecule has 1 aliphatic heterocycles. The van der Waals surface area contributed by atoms with Gasteiger partial charge in [0, 0.05) is 27.4 Å². The van der Waals surface area contributed by atoms with Gasteiger partial charge in [0.25, 0.3) is 0 Å². The van der Waals surface area contributed by atoms with E-state index in [0.29, 0.717) is 6.42 Å². The van der Waals surface area contributed by atoms with Gasteiger partial charge >= 0.3 is 11.9 Å². The van der Waals surface area contributed by atoms with Crippen LogP contribution in [0, 0.1) is 0 Å². The van der Waals surface area contributed by atoms with E-state index in [4.69, 9.17) is 18.9 Å². The van der Waals surface area contributed by atoms with Gasteiger partial charge in [0.1, 0.15) is 5.60 Å². The number of carbonyl (C=O) groups is 2. The Morgan fingerprint density at radius 3 is 2.22 bits per heavy atom. The maximum absolute atomic E-state index is 11.1. The minimum atomic E-state index is -0.747. The highest BCUT2D eigenvalue weighted by Crippen LogP contribution is 2.34. The molecule has 104 valence electrons. The molecule has 0 radical (unpaired) electrons. The van der Waals surface area contributed by atoms with Crippen LogP contribution in [0.1, 0.15) is 34.1 Å². The summed E-state index contributed by atoms with van der Waals surface area (Å²) in [5.41, 5.74) is -0.747. The van der Waals surface area contributed by atoms with E-state index in [1.807, 2.05) is 0 Å². The molecule has 1 saturated heterocycles. The van der Waals surface area contributed by atoms with Crippen molar-refractivity contribution in [2.24, 2.45) is 0 Å². The fraction of sp³-hybridized carbons (Fsp3) is 0.833. The van der Waals surface area contributed by atoms with E-state index >= 15 is 0 Å². The molecule has 6 nitrogen and oxygen atoms in total. The Labute approximate surface area is 107 Å². The van der Waals surface area contributed by atoms with Gasteiger partial charge in [-0.2, -0.15) is 0 Å². The predicted molar refractivity (Wildman–Crippen MR) is 61.7 cm³/mol. The van der Waals surface area contributed by atoms with Crippen LogP contribution >= 0.6 is 0 Å². The highest BCUT2D eigenvalue weighted by molar-refractivity contribution is 5.66. The van der Waals surface area contributed by atoms with Crippen molar-refractivity contribution >= 4 is 11.9 Å². The molecule has 1 heterocycles. The Balaban J connectivity index is 2.83. The van der Waals surface area contributed by atoms with Crippen LogP contribution in [0.2, 0.25) is 0 Å². The zero-order valence-corrected chi connectivity index (χ0v) is 11.4. The van der Waals surface area contributed by atoms with Gasteiger partial charge in [-0.25, -0.2) is 0 Å². The zero-order valence-electron chi connectivity index (χ0n) is 11.4. The van der Waals surface area contributed by atoms with E-state index in [1.54, 1.807) is 13.8 Å². The van der Waals surface area contributed by atoms with Gasteiger partial charge in [-0.15, -0.1) is 0 Å². The van der Waals surface area contributed by atoms with Crippen LogP contribution in [0.15, 0.2) is 0 Å². The molecule has 0 bridgehead atoms. The SMILES string of the molecule is COC1(C)CC(OC(C)=O)OC(C)C1OC(C)=O. The molecule has 0 aromatic heterocycles. The maximum Gasteiger partial charge on any atom is 0.304 e. The van der Waals surface area contributed by atoms with Crippen molar-refractivity contribution < 1.29 is 28.5 Å². The van der Waals surface area contributed by atoms with Crippen molar-refractivity contribution in [3.63, 3.8) is 0 Å². The van der Waals surface area contributed by atoms with E-state index in [2.05, 4.69) is 0 Å². The van der Waals surface area contributed by atoms with E-state index in [0.717, 1.165) is 0 Å². The predicted octanol–water partition coefficient (Wildman–Crippen LogP) is 1.02. The van der Waals surface area contributed by atoms with E-state index < -0.39 is 36.0 Å². The van der Waals surface area contributed by atoms with Gasteiger partial charge < -0.3 is 18.9 Å². The lowest BCUT2D eigenvalue weighted by atomic mass is 9.88. The highest BCUT2D eigenvalue weighted by Gasteiger charge is 2.48. The van der Waals surface area contributed by atoms with Crippen LogP contribution in [0.3, 0.4) is 0 Å². The molecule has 1 rings (SSSR count). The van der Waals surface area contributed by atoms with Crippen LogP contribution in [0.4, 0.5) is 0 Å². The summed E-state index contributed by atoms with van der Waals surface area (Å²) in [5, 5.41) is 0. The Morgan fingerprint density at radius 1 is 1.22 bits per heavy atom. The number of ether oxygens (including phenoxy) is 4. The molecule has 6 heteroatoms. The number of hydrogen-bond acceptors (Lipinski definition) is 6. The minimum Gasteiger partial charge on any atom is -0.457 e. The quantitative estimate of drug-likeness (QED) is 0.706. The van der Waals surface area contributed by atoms with Crippen molar-refractivity contribution in [2.45, 2.75) is 58.2 Å². The summed E-state index contributed by atoms with van der Waals surface area (Å²) in [6.07, 6.45) is -1.33. The Bertz CT molecular complexity index is 329. The van der Waals surface area contributed by atoms with Gasteiger partial charge in [-0.05, 0) is 13.8 Å². The first-order valence-corrected chi connectivity index (χ1v) is 5.83. The second-order valence-corrected chi connectivity index (χ2v) is 4.63. The first-order chi connectivity index (χ1) is 8.28.